The largest absolute Gasteiger partial charge is 0.469 e. The summed E-state index contributed by atoms with van der Waals surface area (Å²) in [5, 5.41) is 0. The van der Waals surface area contributed by atoms with Gasteiger partial charge in [0, 0.05) is 18.9 Å². The number of hydrogen-bond acceptors (Lipinski definition) is 4. The van der Waals surface area contributed by atoms with Crippen LogP contribution in [0.25, 0.3) is 0 Å². The highest BCUT2D eigenvalue weighted by Gasteiger charge is 2.49. The van der Waals surface area contributed by atoms with E-state index >= 15 is 0 Å². The molecule has 5 rings (SSSR count). The van der Waals surface area contributed by atoms with Crippen LogP contribution in [0.3, 0.4) is 0 Å². The predicted octanol–water partition coefficient (Wildman–Crippen LogP) is 8.07. The van der Waals surface area contributed by atoms with Gasteiger partial charge in [-0.15, -0.1) is 0 Å². The van der Waals surface area contributed by atoms with Crippen LogP contribution in [0, 0.1) is 23.7 Å². The minimum absolute atomic E-state index is 0.0370. The lowest BCUT2D eigenvalue weighted by atomic mass is 9.86. The summed E-state index contributed by atoms with van der Waals surface area (Å²) in [5.41, 5.74) is 1.69. The highest BCUT2D eigenvalue weighted by atomic mass is 16.7. The molecule has 4 nitrogen and oxygen atoms in total. The van der Waals surface area contributed by atoms with Crippen molar-refractivity contribution >= 4 is 0 Å². The average Bonchev–Trinajstić information content (AvgIpc) is 3.60. The van der Waals surface area contributed by atoms with Crippen LogP contribution in [0.15, 0.2) is 23.5 Å². The van der Waals surface area contributed by atoms with Crippen molar-refractivity contribution in [3.8, 4) is 0 Å². The first kappa shape index (κ1) is 25.8. The summed E-state index contributed by atoms with van der Waals surface area (Å²) in [6.45, 7) is 3.97. The second-order valence-corrected chi connectivity index (χ2v) is 12.0. The third-order valence-corrected chi connectivity index (χ3v) is 9.29. The van der Waals surface area contributed by atoms with Gasteiger partial charge in [0.15, 0.2) is 12.6 Å². The van der Waals surface area contributed by atoms with Crippen molar-refractivity contribution in [3.05, 3.63) is 23.5 Å². The topological polar surface area (TPSA) is 36.9 Å². The monoisotopic (exact) mass is 486 g/mol. The lowest BCUT2D eigenvalue weighted by Gasteiger charge is -2.34. The molecule has 3 aliphatic carbocycles. The van der Waals surface area contributed by atoms with Crippen LogP contribution in [0.4, 0.5) is 0 Å². The molecule has 0 N–H and O–H groups in total. The lowest BCUT2D eigenvalue weighted by molar-refractivity contribution is -0.200. The van der Waals surface area contributed by atoms with Crippen molar-refractivity contribution in [1.82, 2.24) is 0 Å². The van der Waals surface area contributed by atoms with E-state index in [0.717, 1.165) is 57.7 Å². The van der Waals surface area contributed by atoms with E-state index in [1.54, 1.807) is 5.57 Å². The predicted molar refractivity (Wildman–Crippen MR) is 140 cm³/mol. The van der Waals surface area contributed by atoms with Crippen molar-refractivity contribution in [1.29, 1.82) is 0 Å². The number of allylic oxidation sites excluding steroid dienone is 3. The number of hydrogen-bond donors (Lipinski definition) is 0. The Balaban J connectivity index is 1.34. The average molecular weight is 487 g/mol. The quantitative estimate of drug-likeness (QED) is 0.168. The molecule has 0 aromatic rings. The maximum Gasteiger partial charge on any atom is 0.199 e. The van der Waals surface area contributed by atoms with Crippen molar-refractivity contribution in [2.45, 2.75) is 135 Å². The number of rotatable bonds is 11. The maximum atomic E-state index is 6.79. The summed E-state index contributed by atoms with van der Waals surface area (Å²) in [6.07, 6.45) is 26.2. The molecule has 4 heteroatoms. The molecule has 5 aliphatic rings. The van der Waals surface area contributed by atoms with Crippen LogP contribution in [0.1, 0.15) is 116 Å². The smallest absolute Gasteiger partial charge is 0.199 e. The molecular formula is C31H50O4. The fraction of sp³-hybridized carbons (Fsp3) is 0.871. The van der Waals surface area contributed by atoms with Gasteiger partial charge in [-0.05, 0) is 88.0 Å². The first-order valence-corrected chi connectivity index (χ1v) is 15.2. The van der Waals surface area contributed by atoms with Crippen LogP contribution in [-0.2, 0) is 18.9 Å². The third-order valence-electron chi connectivity index (χ3n) is 9.29. The summed E-state index contributed by atoms with van der Waals surface area (Å²) in [4.78, 5) is 0. The Hall–Kier alpha value is -0.840. The van der Waals surface area contributed by atoms with Gasteiger partial charge in [0.1, 0.15) is 5.76 Å². The second kappa shape index (κ2) is 13.1. The molecule has 2 saturated heterocycles. The first-order valence-electron chi connectivity index (χ1n) is 15.2. The van der Waals surface area contributed by atoms with Gasteiger partial charge in [-0.25, -0.2) is 0 Å². The van der Waals surface area contributed by atoms with Crippen LogP contribution < -0.4 is 0 Å². The van der Waals surface area contributed by atoms with Gasteiger partial charge in [-0.2, -0.15) is 0 Å². The highest BCUT2D eigenvalue weighted by Crippen LogP contribution is 2.52. The maximum absolute atomic E-state index is 6.79. The Morgan fingerprint density at radius 2 is 1.69 bits per heavy atom. The molecule has 0 aromatic heterocycles. The van der Waals surface area contributed by atoms with Crippen molar-refractivity contribution in [2.75, 3.05) is 13.2 Å². The van der Waals surface area contributed by atoms with Gasteiger partial charge in [0.2, 0.25) is 0 Å². The van der Waals surface area contributed by atoms with Crippen LogP contribution in [0.2, 0.25) is 0 Å². The standard InChI is InChI=1S/C31H50O4/c1-2-3-4-13-24-20-25-22-28(35-30-15-8-10-19-33-30)31(26(25)21-24)27(17-16-23-11-5-6-12-23)34-29-14-7-9-18-32-29/h17,20,23,25-26,28-31H,2-16,18-19,21-22H2,1H3/t25-,26-,28+,29?,30?,31-/m1/s1. The summed E-state index contributed by atoms with van der Waals surface area (Å²) in [7, 11) is 0. The van der Waals surface area contributed by atoms with Gasteiger partial charge in [-0.1, -0.05) is 57.1 Å². The highest BCUT2D eigenvalue weighted by molar-refractivity contribution is 5.23. The Kier molecular flexibility index (Phi) is 9.66. The zero-order chi connectivity index (χ0) is 23.9. The van der Waals surface area contributed by atoms with E-state index in [9.17, 15) is 0 Å². The van der Waals surface area contributed by atoms with Gasteiger partial charge in [0.05, 0.1) is 12.7 Å². The van der Waals surface area contributed by atoms with Gasteiger partial charge >= 0.3 is 0 Å². The van der Waals surface area contributed by atoms with Gasteiger partial charge < -0.3 is 18.9 Å². The van der Waals surface area contributed by atoms with Crippen LogP contribution in [0.5, 0.6) is 0 Å². The molecule has 2 heterocycles. The summed E-state index contributed by atoms with van der Waals surface area (Å²) in [5.74, 6) is 3.58. The third kappa shape index (κ3) is 6.93. The summed E-state index contributed by atoms with van der Waals surface area (Å²) >= 11 is 0. The van der Waals surface area contributed by atoms with Crippen LogP contribution in [-0.4, -0.2) is 31.9 Å². The minimum atomic E-state index is -0.0809. The molecule has 4 fully saturated rings. The molecule has 0 bridgehead atoms. The molecule has 0 spiro atoms. The Morgan fingerprint density at radius 3 is 2.40 bits per heavy atom. The molecule has 0 amide bonds. The molecular weight excluding hydrogens is 436 g/mol. The zero-order valence-corrected chi connectivity index (χ0v) is 22.3. The zero-order valence-electron chi connectivity index (χ0n) is 22.3. The van der Waals surface area contributed by atoms with E-state index in [2.05, 4.69) is 19.1 Å². The minimum Gasteiger partial charge on any atom is -0.469 e. The van der Waals surface area contributed by atoms with E-state index < -0.39 is 0 Å². The first-order chi connectivity index (χ1) is 17.3. The van der Waals surface area contributed by atoms with Crippen molar-refractivity contribution < 1.29 is 18.9 Å². The van der Waals surface area contributed by atoms with E-state index in [4.69, 9.17) is 18.9 Å². The Bertz CT molecular complexity index is 697. The molecule has 2 unspecified atom stereocenters. The van der Waals surface area contributed by atoms with E-state index in [1.165, 1.54) is 76.4 Å². The second-order valence-electron chi connectivity index (χ2n) is 12.0. The molecule has 198 valence electrons. The molecule has 0 aromatic carbocycles. The lowest BCUT2D eigenvalue weighted by Crippen LogP contribution is -2.34. The number of unbranched alkanes of at least 4 members (excludes halogenated alkanes) is 2. The molecule has 2 aliphatic heterocycles. The van der Waals surface area contributed by atoms with E-state index in [1.807, 2.05) is 0 Å². The Labute approximate surface area is 214 Å². The van der Waals surface area contributed by atoms with Crippen molar-refractivity contribution in [2.24, 2.45) is 23.7 Å². The normalized spacial score (nSPS) is 36.4. The summed E-state index contributed by atoms with van der Waals surface area (Å²) in [6, 6.07) is 0. The van der Waals surface area contributed by atoms with Gasteiger partial charge in [-0.3, -0.25) is 0 Å². The van der Waals surface area contributed by atoms with E-state index in [0.29, 0.717) is 17.8 Å². The van der Waals surface area contributed by atoms with Gasteiger partial charge in [0.25, 0.3) is 0 Å². The summed E-state index contributed by atoms with van der Waals surface area (Å²) < 4.78 is 25.7. The fourth-order valence-corrected chi connectivity index (χ4v) is 7.36. The molecule has 6 atom stereocenters. The molecule has 2 saturated carbocycles. The van der Waals surface area contributed by atoms with Crippen LogP contribution >= 0.6 is 0 Å². The SMILES string of the molecule is CCCCCC1=C[C@@H]2C[C@H](OC3CCCCO3)[C@@H](C(=CCC3CCCC3)OC3CCCCO3)[C@@H]2C1. The van der Waals surface area contributed by atoms with E-state index in [-0.39, 0.29) is 18.7 Å². The number of ether oxygens (including phenoxy) is 4. The fourth-order valence-electron chi connectivity index (χ4n) is 7.36. The number of fused-ring (bicyclic) bond motifs is 1. The van der Waals surface area contributed by atoms with Crippen molar-refractivity contribution in [3.63, 3.8) is 0 Å². The molecule has 0 radical (unpaired) electrons. The Morgan fingerprint density at radius 1 is 0.943 bits per heavy atom. The molecule has 35 heavy (non-hydrogen) atoms.